The number of methoxy groups -OCH3 is 1. The average Bonchev–Trinajstić information content (AvgIpc) is 3.34. The maximum atomic E-state index is 12.2. The second-order valence-corrected chi connectivity index (χ2v) is 8.53. The maximum absolute atomic E-state index is 12.2. The van der Waals surface area contributed by atoms with Crippen molar-refractivity contribution in [3.8, 4) is 11.5 Å². The van der Waals surface area contributed by atoms with Gasteiger partial charge >= 0.3 is 11.7 Å². The van der Waals surface area contributed by atoms with Gasteiger partial charge in [0.2, 0.25) is 5.91 Å². The van der Waals surface area contributed by atoms with Crippen molar-refractivity contribution in [3.63, 3.8) is 0 Å². The molecule has 1 aliphatic rings. The Morgan fingerprint density at radius 2 is 2.30 bits per heavy atom. The van der Waals surface area contributed by atoms with Crippen LogP contribution in [0.2, 0.25) is 0 Å². The minimum atomic E-state index is -1.07. The third kappa shape index (κ3) is 5.19. The number of nitrogens with zero attached hydrogens (tertiary/aromatic N) is 3. The molecular formula is C18H19N3O7S2. The second-order valence-electron chi connectivity index (χ2n) is 6.33. The molecule has 1 atom stereocenters. The number of hydrogen-bond donors (Lipinski definition) is 1. The summed E-state index contributed by atoms with van der Waals surface area (Å²) in [6.45, 7) is 0.591. The van der Waals surface area contributed by atoms with E-state index >= 15 is 0 Å². The first-order valence-corrected chi connectivity index (χ1v) is 10.8. The highest BCUT2D eigenvalue weighted by Gasteiger charge is 2.31. The van der Waals surface area contributed by atoms with Gasteiger partial charge in [-0.25, -0.2) is 9.78 Å². The van der Waals surface area contributed by atoms with E-state index in [-0.39, 0.29) is 35.7 Å². The zero-order valence-corrected chi connectivity index (χ0v) is 17.6. The molecule has 0 saturated carbocycles. The van der Waals surface area contributed by atoms with Crippen LogP contribution in [0.4, 0.5) is 5.69 Å². The van der Waals surface area contributed by atoms with Crippen LogP contribution < -0.4 is 9.47 Å². The van der Waals surface area contributed by atoms with Gasteiger partial charge in [-0.15, -0.1) is 11.3 Å². The lowest BCUT2D eigenvalue weighted by Crippen LogP contribution is -2.38. The smallest absolute Gasteiger partial charge is 0.355 e. The fourth-order valence-corrected chi connectivity index (χ4v) is 4.81. The normalized spacial score (nSPS) is 16.0. The Kier molecular flexibility index (Phi) is 7.11. The number of carbonyl (C=O) groups excluding carboxylic acids is 1. The minimum absolute atomic E-state index is 0.00112. The van der Waals surface area contributed by atoms with Crippen molar-refractivity contribution in [2.45, 2.75) is 23.2 Å². The SMILES string of the molecule is COc1ccc(OCC2CCC(=O)N2CCSc2nc(C(=O)O)cs2)c([N+](=O)[O-])c1. The zero-order valence-electron chi connectivity index (χ0n) is 16.0. The largest absolute Gasteiger partial charge is 0.496 e. The number of nitro groups is 1. The van der Waals surface area contributed by atoms with E-state index in [0.717, 1.165) is 0 Å². The van der Waals surface area contributed by atoms with Crippen LogP contribution in [0, 0.1) is 10.1 Å². The van der Waals surface area contributed by atoms with Crippen molar-refractivity contribution in [2.24, 2.45) is 0 Å². The van der Waals surface area contributed by atoms with Gasteiger partial charge in [0.25, 0.3) is 0 Å². The molecule has 2 aromatic rings. The van der Waals surface area contributed by atoms with Gasteiger partial charge in [0, 0.05) is 24.1 Å². The molecule has 0 spiro atoms. The van der Waals surface area contributed by atoms with Crippen LogP contribution in [0.5, 0.6) is 11.5 Å². The summed E-state index contributed by atoms with van der Waals surface area (Å²) in [4.78, 5) is 39.6. The third-order valence-corrected chi connectivity index (χ3v) is 6.51. The summed E-state index contributed by atoms with van der Waals surface area (Å²) < 4.78 is 11.3. The van der Waals surface area contributed by atoms with E-state index in [1.807, 2.05) is 0 Å². The van der Waals surface area contributed by atoms with E-state index in [1.165, 1.54) is 47.7 Å². The number of likely N-dealkylation sites (tertiary alicyclic amines) is 1. The van der Waals surface area contributed by atoms with Gasteiger partial charge in [0.1, 0.15) is 12.4 Å². The quantitative estimate of drug-likeness (QED) is 0.327. The lowest BCUT2D eigenvalue weighted by Gasteiger charge is -2.24. The van der Waals surface area contributed by atoms with Crippen LogP contribution in [-0.2, 0) is 4.79 Å². The summed E-state index contributed by atoms with van der Waals surface area (Å²) in [5, 5.41) is 21.7. The fraction of sp³-hybridized carbons (Fsp3) is 0.389. The Balaban J connectivity index is 1.57. The average molecular weight is 453 g/mol. The highest BCUT2D eigenvalue weighted by atomic mass is 32.2. The molecular weight excluding hydrogens is 434 g/mol. The molecule has 2 heterocycles. The van der Waals surface area contributed by atoms with E-state index < -0.39 is 10.9 Å². The molecule has 1 aromatic carbocycles. The number of thioether (sulfide) groups is 1. The van der Waals surface area contributed by atoms with Gasteiger partial charge in [0.05, 0.1) is 24.1 Å². The van der Waals surface area contributed by atoms with E-state index in [1.54, 1.807) is 11.0 Å². The van der Waals surface area contributed by atoms with E-state index in [2.05, 4.69) is 4.98 Å². The number of ether oxygens (including phenoxy) is 2. The molecule has 1 saturated heterocycles. The highest BCUT2D eigenvalue weighted by molar-refractivity contribution is 8.01. The van der Waals surface area contributed by atoms with Crippen molar-refractivity contribution in [1.29, 1.82) is 0 Å². The molecule has 3 rings (SSSR count). The number of nitro benzene ring substituents is 1. The molecule has 1 N–H and O–H groups in total. The van der Waals surface area contributed by atoms with Crippen LogP contribution in [0.15, 0.2) is 27.9 Å². The Morgan fingerprint density at radius 1 is 1.50 bits per heavy atom. The monoisotopic (exact) mass is 453 g/mol. The van der Waals surface area contributed by atoms with Crippen molar-refractivity contribution >= 4 is 40.7 Å². The summed E-state index contributed by atoms with van der Waals surface area (Å²) in [6, 6.07) is 4.17. The molecule has 12 heteroatoms. The third-order valence-electron chi connectivity index (χ3n) is 4.51. The molecule has 1 aliphatic heterocycles. The van der Waals surface area contributed by atoms with Crippen LogP contribution in [0.3, 0.4) is 0 Å². The first-order valence-electron chi connectivity index (χ1n) is 8.95. The molecule has 1 amide bonds. The highest BCUT2D eigenvalue weighted by Crippen LogP contribution is 2.32. The number of amides is 1. The Hall–Kier alpha value is -2.86. The lowest BCUT2D eigenvalue weighted by atomic mass is 10.2. The topological polar surface area (TPSA) is 132 Å². The first kappa shape index (κ1) is 21.8. The Bertz CT molecular complexity index is 950. The number of carboxylic acid groups (broad SMARTS) is 1. The van der Waals surface area contributed by atoms with E-state index in [9.17, 15) is 19.7 Å². The number of aromatic carboxylic acids is 1. The minimum Gasteiger partial charge on any atom is -0.496 e. The molecule has 160 valence electrons. The summed E-state index contributed by atoms with van der Waals surface area (Å²) in [7, 11) is 1.42. The molecule has 0 radical (unpaired) electrons. The van der Waals surface area contributed by atoms with Crippen LogP contribution >= 0.6 is 23.1 Å². The van der Waals surface area contributed by atoms with Gasteiger partial charge in [-0.3, -0.25) is 14.9 Å². The second kappa shape index (κ2) is 9.76. The molecule has 0 bridgehead atoms. The number of benzene rings is 1. The molecule has 0 aliphatic carbocycles. The molecule has 1 fully saturated rings. The van der Waals surface area contributed by atoms with Gasteiger partial charge in [0.15, 0.2) is 15.8 Å². The number of carbonyl (C=O) groups is 2. The van der Waals surface area contributed by atoms with Crippen molar-refractivity contribution in [1.82, 2.24) is 9.88 Å². The number of hydrogen-bond acceptors (Lipinski definition) is 9. The predicted molar refractivity (Wildman–Crippen MR) is 110 cm³/mol. The molecule has 30 heavy (non-hydrogen) atoms. The van der Waals surface area contributed by atoms with Gasteiger partial charge < -0.3 is 19.5 Å². The molecule has 1 aromatic heterocycles. The van der Waals surface area contributed by atoms with Crippen LogP contribution in [0.25, 0.3) is 0 Å². The lowest BCUT2D eigenvalue weighted by molar-refractivity contribution is -0.386. The van der Waals surface area contributed by atoms with Gasteiger partial charge in [-0.2, -0.15) is 0 Å². The van der Waals surface area contributed by atoms with Gasteiger partial charge in [-0.05, 0) is 18.6 Å². The van der Waals surface area contributed by atoms with Crippen molar-refractivity contribution < 1.29 is 29.1 Å². The predicted octanol–water partition coefficient (Wildman–Crippen LogP) is 2.92. The van der Waals surface area contributed by atoms with E-state index in [4.69, 9.17) is 14.6 Å². The summed E-state index contributed by atoms with van der Waals surface area (Å²) >= 11 is 2.63. The number of aromatic nitrogens is 1. The number of thiazole rings is 1. The van der Waals surface area contributed by atoms with Crippen molar-refractivity contribution in [3.05, 3.63) is 39.4 Å². The number of carboxylic acids is 1. The zero-order chi connectivity index (χ0) is 21.7. The Labute approximate surface area is 180 Å². The Morgan fingerprint density at radius 3 is 2.97 bits per heavy atom. The standard InChI is InChI=1S/C18H19N3O7S2/c1-27-12-3-4-15(14(8-12)21(25)26)28-9-11-2-5-16(22)20(11)6-7-29-18-19-13(10-30-18)17(23)24/h3-4,8,10-11H,2,5-7,9H2,1H3,(H,23,24). The molecule has 10 nitrogen and oxygen atoms in total. The van der Waals surface area contributed by atoms with Crippen molar-refractivity contribution in [2.75, 3.05) is 26.0 Å². The summed E-state index contributed by atoms with van der Waals surface area (Å²) in [6.07, 6.45) is 0.998. The fourth-order valence-electron chi connectivity index (χ4n) is 3.00. The van der Waals surface area contributed by atoms with E-state index in [0.29, 0.717) is 35.2 Å². The van der Waals surface area contributed by atoms with Gasteiger partial charge in [-0.1, -0.05) is 11.8 Å². The maximum Gasteiger partial charge on any atom is 0.355 e. The number of rotatable bonds is 10. The summed E-state index contributed by atoms with van der Waals surface area (Å²) in [5.41, 5.74) is -0.189. The summed E-state index contributed by atoms with van der Waals surface area (Å²) in [5.74, 6) is -0.0378. The molecule has 1 unspecified atom stereocenters. The first-order chi connectivity index (χ1) is 14.4. The van der Waals surface area contributed by atoms with Crippen LogP contribution in [-0.4, -0.2) is 63.8 Å². The van der Waals surface area contributed by atoms with Crippen LogP contribution in [0.1, 0.15) is 23.3 Å².